The van der Waals surface area contributed by atoms with Crippen LogP contribution in [0.4, 0.5) is 0 Å². The summed E-state index contributed by atoms with van der Waals surface area (Å²) in [5, 5.41) is 8.01. The van der Waals surface area contributed by atoms with Gasteiger partial charge >= 0.3 is 0 Å². The van der Waals surface area contributed by atoms with Gasteiger partial charge in [-0.3, -0.25) is 5.43 Å². The highest BCUT2D eigenvalue weighted by Crippen LogP contribution is 2.35. The Bertz CT molecular complexity index is 521. The maximum absolute atomic E-state index is 6.16. The van der Waals surface area contributed by atoms with Crippen LogP contribution in [0.25, 0.3) is 0 Å². The number of hydrazone groups is 1. The first-order valence-corrected chi connectivity index (χ1v) is 7.36. The van der Waals surface area contributed by atoms with Gasteiger partial charge in [-0.05, 0) is 50.7 Å². The molecule has 0 aliphatic heterocycles. The molecule has 0 radical (unpaired) electrons. The minimum atomic E-state index is 0.250. The number of rotatable bonds is 6. The molecule has 0 atom stereocenters. The van der Waals surface area contributed by atoms with Crippen LogP contribution >= 0.6 is 23.8 Å². The predicted molar refractivity (Wildman–Crippen MR) is 90.8 cm³/mol. The highest BCUT2D eigenvalue weighted by molar-refractivity contribution is 7.80. The van der Waals surface area contributed by atoms with Crippen LogP contribution in [0.2, 0.25) is 5.02 Å². The Labute approximate surface area is 135 Å². The Morgan fingerprint density at radius 3 is 2.76 bits per heavy atom. The Morgan fingerprint density at radius 2 is 2.19 bits per heavy atom. The molecule has 1 aromatic rings. The van der Waals surface area contributed by atoms with Crippen LogP contribution in [0, 0.1) is 0 Å². The molecule has 0 saturated carbocycles. The average molecular weight is 330 g/mol. The Kier molecular flexibility index (Phi) is 7.25. The molecule has 2 N–H and O–H groups in total. The monoisotopic (exact) mass is 329 g/mol. The summed E-state index contributed by atoms with van der Waals surface area (Å²) in [6, 6.07) is 3.80. The third kappa shape index (κ3) is 5.77. The maximum Gasteiger partial charge on any atom is 0.187 e. The van der Waals surface area contributed by atoms with Crippen molar-refractivity contribution >= 4 is 35.1 Å². The van der Waals surface area contributed by atoms with Gasteiger partial charge in [0.15, 0.2) is 16.6 Å². The molecule has 0 aliphatic rings. The highest BCUT2D eigenvalue weighted by atomic mass is 35.5. The molecule has 21 heavy (non-hydrogen) atoms. The third-order valence-electron chi connectivity index (χ3n) is 2.34. The van der Waals surface area contributed by atoms with Crippen molar-refractivity contribution in [2.24, 2.45) is 5.10 Å². The molecule has 0 aliphatic carbocycles. The normalized spacial score (nSPS) is 10.8. The second kappa shape index (κ2) is 8.69. The highest BCUT2D eigenvalue weighted by Gasteiger charge is 2.10. The molecule has 7 heteroatoms. The van der Waals surface area contributed by atoms with E-state index in [-0.39, 0.29) is 6.04 Å². The minimum Gasteiger partial charge on any atom is -0.491 e. The van der Waals surface area contributed by atoms with Crippen LogP contribution in [0.15, 0.2) is 17.2 Å². The zero-order valence-corrected chi connectivity index (χ0v) is 14.1. The van der Waals surface area contributed by atoms with Crippen molar-refractivity contribution in [1.82, 2.24) is 10.7 Å². The topological polar surface area (TPSA) is 54.9 Å². The molecule has 0 unspecified atom stereocenters. The van der Waals surface area contributed by atoms with Gasteiger partial charge in [-0.2, -0.15) is 5.10 Å². The summed E-state index contributed by atoms with van der Waals surface area (Å²) in [4.78, 5) is 0. The van der Waals surface area contributed by atoms with E-state index in [1.165, 1.54) is 0 Å². The molecule has 0 bridgehead atoms. The van der Waals surface area contributed by atoms with E-state index in [9.17, 15) is 0 Å². The van der Waals surface area contributed by atoms with Crippen LogP contribution in [0.1, 0.15) is 26.3 Å². The number of hydrogen-bond donors (Lipinski definition) is 2. The van der Waals surface area contributed by atoms with Crippen LogP contribution in [-0.4, -0.2) is 31.1 Å². The molecule has 116 valence electrons. The fourth-order valence-corrected chi connectivity index (χ4v) is 2.17. The fourth-order valence-electron chi connectivity index (χ4n) is 1.58. The average Bonchev–Trinajstić information content (AvgIpc) is 2.38. The van der Waals surface area contributed by atoms with Crippen molar-refractivity contribution in [1.29, 1.82) is 0 Å². The summed E-state index contributed by atoms with van der Waals surface area (Å²) in [6.45, 7) is 6.41. The van der Waals surface area contributed by atoms with Gasteiger partial charge in [-0.1, -0.05) is 11.6 Å². The van der Waals surface area contributed by atoms with Crippen molar-refractivity contribution in [3.8, 4) is 11.5 Å². The lowest BCUT2D eigenvalue weighted by molar-refractivity contribution is 0.311. The van der Waals surface area contributed by atoms with E-state index < -0.39 is 0 Å². The van der Waals surface area contributed by atoms with E-state index in [2.05, 4.69) is 15.8 Å². The molecule has 5 nitrogen and oxygen atoms in total. The van der Waals surface area contributed by atoms with Crippen molar-refractivity contribution in [2.75, 3.05) is 13.7 Å². The number of nitrogens with zero attached hydrogens (tertiary/aromatic N) is 1. The van der Waals surface area contributed by atoms with Gasteiger partial charge in [0.05, 0.1) is 25.0 Å². The van der Waals surface area contributed by atoms with Crippen LogP contribution < -0.4 is 20.2 Å². The molecular weight excluding hydrogens is 310 g/mol. The van der Waals surface area contributed by atoms with Crippen molar-refractivity contribution < 1.29 is 9.47 Å². The Morgan fingerprint density at radius 1 is 1.48 bits per heavy atom. The van der Waals surface area contributed by atoms with Crippen LogP contribution in [0.5, 0.6) is 11.5 Å². The second-order valence-electron chi connectivity index (χ2n) is 4.47. The van der Waals surface area contributed by atoms with Crippen molar-refractivity contribution in [3.05, 3.63) is 22.7 Å². The first-order valence-electron chi connectivity index (χ1n) is 6.57. The van der Waals surface area contributed by atoms with E-state index in [0.717, 1.165) is 5.56 Å². The first-order chi connectivity index (χ1) is 9.97. The molecule has 0 aromatic heterocycles. The smallest absolute Gasteiger partial charge is 0.187 e. The van der Waals surface area contributed by atoms with E-state index >= 15 is 0 Å². The maximum atomic E-state index is 6.16. The molecule has 0 fully saturated rings. The molecule has 1 rings (SSSR count). The number of halogens is 1. The third-order valence-corrected chi connectivity index (χ3v) is 2.83. The van der Waals surface area contributed by atoms with Gasteiger partial charge in [-0.25, -0.2) is 0 Å². The van der Waals surface area contributed by atoms with E-state index in [1.807, 2.05) is 20.8 Å². The summed E-state index contributed by atoms with van der Waals surface area (Å²) in [5.74, 6) is 1.09. The van der Waals surface area contributed by atoms with Gasteiger partial charge in [0.25, 0.3) is 0 Å². The number of nitrogens with one attached hydrogen (secondary N) is 2. The molecule has 0 saturated heterocycles. The number of thiocarbonyl (C=S) groups is 1. The molecule has 0 amide bonds. The zero-order chi connectivity index (χ0) is 15.8. The molecule has 0 heterocycles. The van der Waals surface area contributed by atoms with E-state index in [1.54, 1.807) is 25.5 Å². The molecule has 1 aromatic carbocycles. The molecular formula is C14H20ClN3O2S. The summed E-state index contributed by atoms with van der Waals surface area (Å²) in [5.41, 5.74) is 3.52. The lowest BCUT2D eigenvalue weighted by Crippen LogP contribution is -2.36. The number of methoxy groups -OCH3 is 1. The molecule has 0 spiro atoms. The van der Waals surface area contributed by atoms with Gasteiger partial charge in [0.1, 0.15) is 0 Å². The summed E-state index contributed by atoms with van der Waals surface area (Å²) >= 11 is 11.2. The largest absolute Gasteiger partial charge is 0.491 e. The van der Waals surface area contributed by atoms with Gasteiger partial charge in [-0.15, -0.1) is 0 Å². The lowest BCUT2D eigenvalue weighted by atomic mass is 10.2. The number of hydrogen-bond acceptors (Lipinski definition) is 4. The van der Waals surface area contributed by atoms with E-state index in [4.69, 9.17) is 33.3 Å². The van der Waals surface area contributed by atoms with Crippen LogP contribution in [0.3, 0.4) is 0 Å². The summed E-state index contributed by atoms with van der Waals surface area (Å²) in [6.07, 6.45) is 1.61. The Hall–Kier alpha value is -1.53. The van der Waals surface area contributed by atoms with Gasteiger partial charge in [0, 0.05) is 6.04 Å². The summed E-state index contributed by atoms with van der Waals surface area (Å²) in [7, 11) is 1.55. The number of benzene rings is 1. The van der Waals surface area contributed by atoms with Crippen molar-refractivity contribution in [2.45, 2.75) is 26.8 Å². The lowest BCUT2D eigenvalue weighted by Gasteiger charge is -2.12. The minimum absolute atomic E-state index is 0.250. The van der Waals surface area contributed by atoms with Gasteiger partial charge in [0.2, 0.25) is 0 Å². The fraction of sp³-hybridized carbons (Fsp3) is 0.429. The number of ether oxygens (including phenoxy) is 2. The predicted octanol–water partition coefficient (Wildman–Crippen LogP) is 2.95. The van der Waals surface area contributed by atoms with Crippen molar-refractivity contribution in [3.63, 3.8) is 0 Å². The second-order valence-corrected chi connectivity index (χ2v) is 5.28. The Balaban J connectivity index is 2.81. The van der Waals surface area contributed by atoms with E-state index in [0.29, 0.717) is 28.2 Å². The SMILES string of the molecule is CCOc1cc(/C=N\NC(=S)NC(C)C)cc(Cl)c1OC. The first kappa shape index (κ1) is 17.5. The summed E-state index contributed by atoms with van der Waals surface area (Å²) < 4.78 is 10.7. The van der Waals surface area contributed by atoms with Gasteiger partial charge < -0.3 is 14.8 Å². The standard InChI is InChI=1S/C14H20ClN3O2S/c1-5-20-12-7-10(6-11(15)13(12)19-4)8-16-18-14(21)17-9(2)3/h6-9H,5H2,1-4H3,(H2,17,18,21)/b16-8-. The zero-order valence-electron chi connectivity index (χ0n) is 12.6. The van der Waals surface area contributed by atoms with Crippen LogP contribution in [-0.2, 0) is 0 Å². The quantitative estimate of drug-likeness (QED) is 0.477.